The highest BCUT2D eigenvalue weighted by Crippen LogP contribution is 2.43. The van der Waals surface area contributed by atoms with E-state index in [0.29, 0.717) is 4.90 Å². The summed E-state index contributed by atoms with van der Waals surface area (Å²) in [7, 11) is -3.13. The molecule has 2 aromatic carbocycles. The Labute approximate surface area is 142 Å². The van der Waals surface area contributed by atoms with E-state index in [9.17, 15) is 8.42 Å². The topological polar surface area (TPSA) is 34.1 Å². The molecule has 1 aliphatic rings. The molecule has 0 atom stereocenters. The molecule has 0 bridgehead atoms. The highest BCUT2D eigenvalue weighted by Gasteiger charge is 2.18. The standard InChI is InChI=1S/C19H20O2S2/c1-14-6-10-16(11-7-14)22-19-5-3-4-18(19)15-8-12-17(13-9-15)23(2,20)21/h6-13H,3-5H2,1-2H3. The Morgan fingerprint density at radius 1 is 0.913 bits per heavy atom. The van der Waals surface area contributed by atoms with Crippen LogP contribution in [0.5, 0.6) is 0 Å². The Hall–Kier alpha value is -1.52. The number of hydrogen-bond acceptors (Lipinski definition) is 3. The van der Waals surface area contributed by atoms with E-state index >= 15 is 0 Å². The first kappa shape index (κ1) is 16.3. The summed E-state index contributed by atoms with van der Waals surface area (Å²) in [5.41, 5.74) is 3.77. The molecule has 0 amide bonds. The average molecular weight is 345 g/mol. The molecule has 0 radical (unpaired) electrons. The van der Waals surface area contributed by atoms with Crippen LogP contribution < -0.4 is 0 Å². The molecule has 0 fully saturated rings. The summed E-state index contributed by atoms with van der Waals surface area (Å²) < 4.78 is 23.2. The van der Waals surface area contributed by atoms with Gasteiger partial charge in [0.1, 0.15) is 0 Å². The zero-order valence-electron chi connectivity index (χ0n) is 13.4. The number of benzene rings is 2. The quantitative estimate of drug-likeness (QED) is 0.775. The van der Waals surface area contributed by atoms with Crippen molar-refractivity contribution in [3.8, 4) is 0 Å². The molecule has 0 heterocycles. The number of allylic oxidation sites excluding steroid dienone is 2. The molecule has 0 saturated carbocycles. The minimum atomic E-state index is -3.13. The summed E-state index contributed by atoms with van der Waals surface area (Å²) in [6, 6.07) is 15.9. The zero-order valence-corrected chi connectivity index (χ0v) is 15.0. The fourth-order valence-corrected chi connectivity index (χ4v) is 4.56. The van der Waals surface area contributed by atoms with Gasteiger partial charge in [-0.25, -0.2) is 8.42 Å². The Kier molecular flexibility index (Phi) is 4.64. The molecule has 0 spiro atoms. The van der Waals surface area contributed by atoms with Crippen molar-refractivity contribution in [2.75, 3.05) is 6.26 Å². The van der Waals surface area contributed by atoms with Crippen LogP contribution in [0.4, 0.5) is 0 Å². The predicted octanol–water partition coefficient (Wildman–Crippen LogP) is 5.09. The first-order valence-corrected chi connectivity index (χ1v) is 10.4. The molecule has 0 saturated heterocycles. The van der Waals surface area contributed by atoms with Crippen LogP contribution in [0.15, 0.2) is 63.2 Å². The van der Waals surface area contributed by atoms with Gasteiger partial charge in [0.2, 0.25) is 0 Å². The molecule has 0 unspecified atom stereocenters. The van der Waals surface area contributed by atoms with Gasteiger partial charge in [0, 0.05) is 11.2 Å². The van der Waals surface area contributed by atoms with Crippen molar-refractivity contribution < 1.29 is 8.42 Å². The van der Waals surface area contributed by atoms with Crippen molar-refractivity contribution in [2.24, 2.45) is 0 Å². The van der Waals surface area contributed by atoms with Crippen LogP contribution in [0.1, 0.15) is 30.4 Å². The largest absolute Gasteiger partial charge is 0.224 e. The summed E-state index contributed by atoms with van der Waals surface area (Å²) in [6.07, 6.45) is 4.57. The van der Waals surface area contributed by atoms with E-state index in [2.05, 4.69) is 31.2 Å². The summed E-state index contributed by atoms with van der Waals surface area (Å²) in [6.45, 7) is 2.10. The van der Waals surface area contributed by atoms with Crippen LogP contribution in [0.3, 0.4) is 0 Å². The Morgan fingerprint density at radius 3 is 2.17 bits per heavy atom. The smallest absolute Gasteiger partial charge is 0.175 e. The lowest BCUT2D eigenvalue weighted by molar-refractivity contribution is 0.602. The van der Waals surface area contributed by atoms with Crippen molar-refractivity contribution in [1.29, 1.82) is 0 Å². The number of rotatable bonds is 4. The molecule has 1 aliphatic carbocycles. The summed E-state index contributed by atoms with van der Waals surface area (Å²) in [5, 5.41) is 0. The second-order valence-electron chi connectivity index (χ2n) is 5.97. The van der Waals surface area contributed by atoms with Gasteiger partial charge >= 0.3 is 0 Å². The first-order valence-electron chi connectivity index (χ1n) is 7.70. The third kappa shape index (κ3) is 3.88. The van der Waals surface area contributed by atoms with Crippen LogP contribution in [0.2, 0.25) is 0 Å². The van der Waals surface area contributed by atoms with Gasteiger partial charge in [-0.05, 0) is 66.5 Å². The third-order valence-corrected chi connectivity index (χ3v) is 6.39. The monoisotopic (exact) mass is 344 g/mol. The van der Waals surface area contributed by atoms with Crippen molar-refractivity contribution >= 4 is 27.2 Å². The SMILES string of the molecule is Cc1ccc(SC2=C(c3ccc(S(C)(=O)=O)cc3)CCC2)cc1. The van der Waals surface area contributed by atoms with Crippen molar-refractivity contribution in [1.82, 2.24) is 0 Å². The highest BCUT2D eigenvalue weighted by atomic mass is 32.2. The normalized spacial score (nSPS) is 15.2. The minimum Gasteiger partial charge on any atom is -0.224 e. The van der Waals surface area contributed by atoms with Gasteiger partial charge < -0.3 is 0 Å². The van der Waals surface area contributed by atoms with Gasteiger partial charge in [-0.1, -0.05) is 41.6 Å². The van der Waals surface area contributed by atoms with Gasteiger partial charge in [0.05, 0.1) is 4.90 Å². The van der Waals surface area contributed by atoms with E-state index < -0.39 is 9.84 Å². The fourth-order valence-electron chi connectivity index (χ4n) is 2.79. The Balaban J connectivity index is 1.88. The van der Waals surface area contributed by atoms with Crippen molar-refractivity contribution in [2.45, 2.75) is 36.0 Å². The molecule has 4 heteroatoms. The van der Waals surface area contributed by atoms with Crippen LogP contribution >= 0.6 is 11.8 Å². The van der Waals surface area contributed by atoms with Gasteiger partial charge in [0.25, 0.3) is 0 Å². The fraction of sp³-hybridized carbons (Fsp3) is 0.263. The summed E-state index contributed by atoms with van der Waals surface area (Å²) in [4.78, 5) is 3.05. The molecule has 120 valence electrons. The molecular weight excluding hydrogens is 324 g/mol. The summed E-state index contributed by atoms with van der Waals surface area (Å²) in [5.74, 6) is 0. The Morgan fingerprint density at radius 2 is 1.57 bits per heavy atom. The van der Waals surface area contributed by atoms with E-state index in [1.54, 1.807) is 12.1 Å². The first-order chi connectivity index (χ1) is 10.9. The lowest BCUT2D eigenvalue weighted by Crippen LogP contribution is -1.96. The van der Waals surface area contributed by atoms with Gasteiger partial charge in [0.15, 0.2) is 9.84 Å². The van der Waals surface area contributed by atoms with E-state index in [4.69, 9.17) is 0 Å². The molecule has 3 rings (SSSR count). The lowest BCUT2D eigenvalue weighted by atomic mass is 10.1. The minimum absolute atomic E-state index is 0.382. The van der Waals surface area contributed by atoms with Gasteiger partial charge in [-0.15, -0.1) is 0 Å². The van der Waals surface area contributed by atoms with Gasteiger partial charge in [-0.3, -0.25) is 0 Å². The van der Waals surface area contributed by atoms with Gasteiger partial charge in [-0.2, -0.15) is 0 Å². The highest BCUT2D eigenvalue weighted by molar-refractivity contribution is 8.03. The maximum absolute atomic E-state index is 11.6. The maximum atomic E-state index is 11.6. The number of hydrogen-bond donors (Lipinski definition) is 0. The predicted molar refractivity (Wildman–Crippen MR) is 97.4 cm³/mol. The third-order valence-electron chi connectivity index (χ3n) is 4.06. The molecule has 23 heavy (non-hydrogen) atoms. The van der Waals surface area contributed by atoms with Crippen LogP contribution in [0, 0.1) is 6.92 Å². The van der Waals surface area contributed by atoms with E-state index in [-0.39, 0.29) is 0 Å². The van der Waals surface area contributed by atoms with Crippen molar-refractivity contribution in [3.63, 3.8) is 0 Å². The molecule has 0 N–H and O–H groups in total. The Bertz CT molecular complexity index is 830. The number of sulfone groups is 1. The van der Waals surface area contributed by atoms with Crippen LogP contribution in [-0.2, 0) is 9.84 Å². The zero-order chi connectivity index (χ0) is 16.4. The van der Waals surface area contributed by atoms with Crippen LogP contribution in [-0.4, -0.2) is 14.7 Å². The maximum Gasteiger partial charge on any atom is 0.175 e. The second-order valence-corrected chi connectivity index (χ2v) is 9.15. The number of aryl methyl sites for hydroxylation is 1. The molecular formula is C19H20O2S2. The van der Waals surface area contributed by atoms with E-state index in [1.807, 2.05) is 23.9 Å². The van der Waals surface area contributed by atoms with E-state index in [1.165, 1.54) is 27.2 Å². The average Bonchev–Trinajstić information content (AvgIpc) is 2.97. The molecule has 0 aromatic heterocycles. The second kappa shape index (κ2) is 6.54. The summed E-state index contributed by atoms with van der Waals surface area (Å²) >= 11 is 1.83. The van der Waals surface area contributed by atoms with E-state index in [0.717, 1.165) is 24.8 Å². The molecule has 2 nitrogen and oxygen atoms in total. The number of thioether (sulfide) groups is 1. The molecule has 2 aromatic rings. The van der Waals surface area contributed by atoms with Crippen molar-refractivity contribution in [3.05, 3.63) is 64.6 Å². The molecule has 0 aliphatic heterocycles. The lowest BCUT2D eigenvalue weighted by Gasteiger charge is -2.09. The van der Waals surface area contributed by atoms with Crippen LogP contribution in [0.25, 0.3) is 5.57 Å².